The molecule has 0 radical (unpaired) electrons. The predicted octanol–water partition coefficient (Wildman–Crippen LogP) is 10.5. The summed E-state index contributed by atoms with van der Waals surface area (Å²) < 4.78 is 78.4. The summed E-state index contributed by atoms with van der Waals surface area (Å²) in [4.78, 5) is 0.130. The standard InChI is InChI=1S/C46H30O8S2/c1-3-33-11-9-13-39(31-33)53-43-15-5-7-17-45(43)55(47,48)41-27-23-37(24-28-41)51-35-19-21-36(22-20-35)52-38-25-29-42(30-26-38)56(49,50)46-18-8-6-16-44(46)54-40-14-10-12-34(4-2)32-40/h1-2,5-32H. The van der Waals surface area contributed by atoms with Gasteiger partial charge in [0.25, 0.3) is 0 Å². The number of hydrogen-bond donors (Lipinski definition) is 0. The van der Waals surface area contributed by atoms with Crippen molar-refractivity contribution in [3.63, 3.8) is 0 Å². The largest absolute Gasteiger partial charge is 0.457 e. The lowest BCUT2D eigenvalue weighted by atomic mass is 10.2. The summed E-state index contributed by atoms with van der Waals surface area (Å²) in [6.07, 6.45) is 11.0. The quantitative estimate of drug-likeness (QED) is 0.113. The molecule has 0 atom stereocenters. The molecule has 0 spiro atoms. The Hall–Kier alpha value is -7.24. The first-order chi connectivity index (χ1) is 27.1. The van der Waals surface area contributed by atoms with E-state index in [9.17, 15) is 16.8 Å². The third-order valence-corrected chi connectivity index (χ3v) is 11.9. The Balaban J connectivity index is 0.995. The molecule has 274 valence electrons. The zero-order chi connectivity index (χ0) is 39.1. The molecule has 0 aromatic heterocycles. The third kappa shape index (κ3) is 8.28. The molecule has 0 unspecified atom stereocenters. The second-order valence-electron chi connectivity index (χ2n) is 12.1. The fraction of sp³-hybridized carbons (Fsp3) is 0. The molecule has 7 aromatic carbocycles. The normalized spacial score (nSPS) is 11.1. The lowest BCUT2D eigenvalue weighted by Gasteiger charge is -2.13. The lowest BCUT2D eigenvalue weighted by Crippen LogP contribution is -2.04. The minimum atomic E-state index is -3.95. The van der Waals surface area contributed by atoms with Crippen LogP contribution < -0.4 is 18.9 Å². The summed E-state index contributed by atoms with van der Waals surface area (Å²) in [5, 5.41) is 0. The molecule has 0 aliphatic heterocycles. The summed E-state index contributed by atoms with van der Waals surface area (Å²) in [6.45, 7) is 0. The maximum Gasteiger partial charge on any atom is 0.210 e. The second-order valence-corrected chi connectivity index (χ2v) is 15.9. The number of sulfone groups is 2. The van der Waals surface area contributed by atoms with Crippen LogP contribution in [0.4, 0.5) is 0 Å². The van der Waals surface area contributed by atoms with Crippen molar-refractivity contribution in [2.75, 3.05) is 0 Å². The minimum absolute atomic E-state index is 0.00508. The second kappa shape index (κ2) is 16.0. The number of ether oxygens (including phenoxy) is 4. The van der Waals surface area contributed by atoms with Crippen molar-refractivity contribution in [2.45, 2.75) is 19.6 Å². The fourth-order valence-electron chi connectivity index (χ4n) is 5.54. The van der Waals surface area contributed by atoms with Gasteiger partial charge >= 0.3 is 0 Å². The Labute approximate surface area is 325 Å². The Kier molecular flexibility index (Phi) is 10.6. The highest BCUT2D eigenvalue weighted by Gasteiger charge is 2.24. The summed E-state index contributed by atoms with van der Waals surface area (Å²) in [7, 11) is -7.91. The molecule has 8 nitrogen and oxygen atoms in total. The molecular weight excluding hydrogens is 745 g/mol. The maximum atomic E-state index is 13.6. The highest BCUT2D eigenvalue weighted by atomic mass is 32.2. The van der Waals surface area contributed by atoms with Gasteiger partial charge in [0.15, 0.2) is 0 Å². The molecular formula is C46H30O8S2. The highest BCUT2D eigenvalue weighted by molar-refractivity contribution is 7.92. The van der Waals surface area contributed by atoms with Crippen LogP contribution in [0.5, 0.6) is 46.0 Å². The van der Waals surface area contributed by atoms with E-state index in [1.54, 1.807) is 133 Å². The van der Waals surface area contributed by atoms with Crippen LogP contribution in [0, 0.1) is 24.7 Å². The molecule has 0 fully saturated rings. The van der Waals surface area contributed by atoms with Crippen molar-refractivity contribution in [3.8, 4) is 70.7 Å². The molecule has 0 saturated heterocycles. The highest BCUT2D eigenvalue weighted by Crippen LogP contribution is 2.36. The molecule has 10 heteroatoms. The van der Waals surface area contributed by atoms with Crippen LogP contribution in [0.1, 0.15) is 11.1 Å². The molecule has 0 saturated carbocycles. The van der Waals surface area contributed by atoms with Crippen LogP contribution in [0.15, 0.2) is 189 Å². The summed E-state index contributed by atoms with van der Waals surface area (Å²) in [5.74, 6) is 8.04. The first kappa shape index (κ1) is 37.1. The zero-order valence-electron chi connectivity index (χ0n) is 29.4. The average molecular weight is 775 g/mol. The molecule has 0 heterocycles. The Morgan fingerprint density at radius 3 is 1.05 bits per heavy atom. The number of terminal acetylenes is 2. The topological polar surface area (TPSA) is 105 Å². The maximum absolute atomic E-state index is 13.6. The van der Waals surface area contributed by atoms with E-state index in [1.807, 2.05) is 0 Å². The van der Waals surface area contributed by atoms with E-state index >= 15 is 0 Å². The Morgan fingerprint density at radius 1 is 0.357 bits per heavy atom. The summed E-state index contributed by atoms with van der Waals surface area (Å²) in [5.41, 5.74) is 1.22. The lowest BCUT2D eigenvalue weighted by molar-refractivity contribution is 0.466. The molecule has 0 aliphatic carbocycles. The molecule has 56 heavy (non-hydrogen) atoms. The first-order valence-corrected chi connectivity index (χ1v) is 19.9. The van der Waals surface area contributed by atoms with Gasteiger partial charge in [0.05, 0.1) is 9.79 Å². The van der Waals surface area contributed by atoms with Gasteiger partial charge in [-0.15, -0.1) is 12.8 Å². The number of para-hydroxylation sites is 2. The molecule has 7 aromatic rings. The van der Waals surface area contributed by atoms with Crippen LogP contribution in [-0.4, -0.2) is 16.8 Å². The van der Waals surface area contributed by atoms with Crippen LogP contribution in [0.2, 0.25) is 0 Å². The van der Waals surface area contributed by atoms with E-state index in [4.69, 9.17) is 31.8 Å². The van der Waals surface area contributed by atoms with E-state index in [0.717, 1.165) is 0 Å². The van der Waals surface area contributed by atoms with Gasteiger partial charge in [-0.25, -0.2) is 16.8 Å². The minimum Gasteiger partial charge on any atom is -0.457 e. The number of rotatable bonds is 12. The van der Waals surface area contributed by atoms with E-state index in [0.29, 0.717) is 45.6 Å². The Bertz CT molecular complexity index is 2640. The van der Waals surface area contributed by atoms with E-state index in [2.05, 4.69) is 11.8 Å². The zero-order valence-corrected chi connectivity index (χ0v) is 31.0. The van der Waals surface area contributed by atoms with Crippen molar-refractivity contribution in [1.82, 2.24) is 0 Å². The molecule has 0 bridgehead atoms. The molecule has 0 aliphatic rings. The monoisotopic (exact) mass is 774 g/mol. The summed E-state index contributed by atoms with van der Waals surface area (Å²) >= 11 is 0. The SMILES string of the molecule is C#Cc1cccc(Oc2ccccc2S(=O)(=O)c2ccc(Oc3ccc(Oc4ccc(S(=O)(=O)c5ccccc5Oc5cccc(C#C)c5)cc4)cc3)cc2)c1. The predicted molar refractivity (Wildman–Crippen MR) is 212 cm³/mol. The molecule has 0 amide bonds. The van der Waals surface area contributed by atoms with Gasteiger partial charge in [0, 0.05) is 11.1 Å². The first-order valence-electron chi connectivity index (χ1n) is 17.0. The van der Waals surface area contributed by atoms with Crippen LogP contribution in [0.25, 0.3) is 0 Å². The average Bonchev–Trinajstić information content (AvgIpc) is 3.22. The van der Waals surface area contributed by atoms with Crippen LogP contribution in [0.3, 0.4) is 0 Å². The number of hydrogen-bond acceptors (Lipinski definition) is 8. The van der Waals surface area contributed by atoms with Crippen molar-refractivity contribution < 1.29 is 35.8 Å². The van der Waals surface area contributed by atoms with E-state index in [-0.39, 0.29) is 31.1 Å². The van der Waals surface area contributed by atoms with Gasteiger partial charge < -0.3 is 18.9 Å². The Morgan fingerprint density at radius 2 is 0.696 bits per heavy atom. The molecule has 0 N–H and O–H groups in total. The number of benzene rings is 7. The van der Waals surface area contributed by atoms with Crippen LogP contribution in [-0.2, 0) is 19.7 Å². The van der Waals surface area contributed by atoms with Gasteiger partial charge in [-0.2, -0.15) is 0 Å². The van der Waals surface area contributed by atoms with Gasteiger partial charge in [-0.1, -0.05) is 48.2 Å². The van der Waals surface area contributed by atoms with Crippen molar-refractivity contribution >= 4 is 19.7 Å². The molecule has 7 rings (SSSR count). The van der Waals surface area contributed by atoms with E-state index < -0.39 is 19.7 Å². The van der Waals surface area contributed by atoms with Crippen molar-refractivity contribution in [2.24, 2.45) is 0 Å². The van der Waals surface area contributed by atoms with Gasteiger partial charge in [-0.05, 0) is 133 Å². The van der Waals surface area contributed by atoms with Gasteiger partial charge in [-0.3, -0.25) is 0 Å². The van der Waals surface area contributed by atoms with E-state index in [1.165, 1.54) is 36.4 Å². The third-order valence-electron chi connectivity index (χ3n) is 8.30. The van der Waals surface area contributed by atoms with Crippen molar-refractivity contribution in [3.05, 3.63) is 181 Å². The van der Waals surface area contributed by atoms with Crippen LogP contribution >= 0.6 is 0 Å². The van der Waals surface area contributed by atoms with Gasteiger partial charge in [0.2, 0.25) is 19.7 Å². The summed E-state index contributed by atoms with van der Waals surface area (Å²) in [6, 6.07) is 45.3. The van der Waals surface area contributed by atoms with Gasteiger partial charge in [0.1, 0.15) is 55.8 Å². The smallest absolute Gasteiger partial charge is 0.210 e. The fourth-order valence-corrected chi connectivity index (χ4v) is 8.30. The van der Waals surface area contributed by atoms with Crippen molar-refractivity contribution in [1.29, 1.82) is 0 Å².